The zero-order valence-corrected chi connectivity index (χ0v) is 21.5. The van der Waals surface area contributed by atoms with E-state index in [9.17, 15) is 9.59 Å². The third kappa shape index (κ3) is 7.53. The lowest BCUT2D eigenvalue weighted by Gasteiger charge is -2.29. The van der Waals surface area contributed by atoms with Crippen molar-refractivity contribution in [2.75, 3.05) is 48.8 Å². The number of nitrogens with one attached hydrogen (secondary N) is 1. The van der Waals surface area contributed by atoms with Gasteiger partial charge in [0.1, 0.15) is 6.54 Å². The molecule has 0 atom stereocenters. The first-order valence-corrected chi connectivity index (χ1v) is 12.9. The first kappa shape index (κ1) is 25.7. The summed E-state index contributed by atoms with van der Waals surface area (Å²) in [7, 11) is 0. The van der Waals surface area contributed by atoms with Gasteiger partial charge in [0.2, 0.25) is 11.8 Å². The Labute approximate surface area is 216 Å². The normalized spacial score (nSPS) is 13.3. The lowest BCUT2D eigenvalue weighted by atomic mass is 10.2. The van der Waals surface area contributed by atoms with Gasteiger partial charge < -0.3 is 19.9 Å². The van der Waals surface area contributed by atoms with Crippen LogP contribution in [0.2, 0.25) is 0 Å². The molecule has 0 saturated carbocycles. The van der Waals surface area contributed by atoms with Crippen LogP contribution in [-0.2, 0) is 20.9 Å². The van der Waals surface area contributed by atoms with Gasteiger partial charge >= 0.3 is 0 Å². The van der Waals surface area contributed by atoms with E-state index in [4.69, 9.17) is 4.74 Å². The quantitative estimate of drug-likeness (QED) is 0.351. The Morgan fingerprint density at radius 1 is 1.00 bits per heavy atom. The third-order valence-corrected chi connectivity index (χ3v) is 6.55. The lowest BCUT2D eigenvalue weighted by molar-refractivity contribution is -0.132. The van der Waals surface area contributed by atoms with Gasteiger partial charge in [-0.3, -0.25) is 9.59 Å². The molecule has 8 nitrogen and oxygen atoms in total. The average Bonchev–Trinajstić information content (AvgIpc) is 2.88. The predicted molar refractivity (Wildman–Crippen MR) is 142 cm³/mol. The van der Waals surface area contributed by atoms with Crippen LogP contribution in [0.25, 0.3) is 0 Å². The van der Waals surface area contributed by atoms with Crippen molar-refractivity contribution >= 4 is 35.0 Å². The van der Waals surface area contributed by atoms with Crippen LogP contribution in [0.3, 0.4) is 0 Å². The van der Waals surface area contributed by atoms with E-state index in [-0.39, 0.29) is 24.1 Å². The molecule has 0 aliphatic carbocycles. The summed E-state index contributed by atoms with van der Waals surface area (Å²) < 4.78 is 5.41. The number of aromatic nitrogens is 2. The van der Waals surface area contributed by atoms with Crippen LogP contribution in [-0.4, -0.2) is 65.3 Å². The molecule has 36 heavy (non-hydrogen) atoms. The molecule has 1 fully saturated rings. The van der Waals surface area contributed by atoms with E-state index in [1.807, 2.05) is 74.5 Å². The predicted octanol–water partition coefficient (Wildman–Crippen LogP) is 3.69. The van der Waals surface area contributed by atoms with E-state index in [2.05, 4.69) is 20.2 Å². The smallest absolute Gasteiger partial charge is 0.244 e. The minimum absolute atomic E-state index is 0.0484. The Bertz CT molecular complexity index is 1150. The van der Waals surface area contributed by atoms with Crippen molar-refractivity contribution in [1.29, 1.82) is 0 Å². The Hall–Kier alpha value is -3.43. The summed E-state index contributed by atoms with van der Waals surface area (Å²) in [6, 6.07) is 19.3. The van der Waals surface area contributed by atoms with Gasteiger partial charge in [-0.25, -0.2) is 9.97 Å². The molecule has 0 radical (unpaired) electrons. The molecule has 9 heteroatoms. The summed E-state index contributed by atoms with van der Waals surface area (Å²) in [6.07, 6.45) is 0. The number of aryl methyl sites for hydroxylation is 2. The van der Waals surface area contributed by atoms with Crippen molar-refractivity contribution in [2.45, 2.75) is 25.5 Å². The zero-order chi connectivity index (χ0) is 25.3. The zero-order valence-electron chi connectivity index (χ0n) is 20.6. The van der Waals surface area contributed by atoms with Crippen molar-refractivity contribution in [1.82, 2.24) is 14.9 Å². The molecule has 0 spiro atoms. The number of carbonyl (C=O) groups is 2. The Balaban J connectivity index is 1.39. The third-order valence-electron chi connectivity index (χ3n) is 5.72. The minimum atomic E-state index is -0.244. The van der Waals surface area contributed by atoms with Gasteiger partial charge in [0.05, 0.1) is 19.0 Å². The summed E-state index contributed by atoms with van der Waals surface area (Å²) in [5.74, 6) is -0.243. The second-order valence-electron chi connectivity index (χ2n) is 8.65. The fourth-order valence-electron chi connectivity index (χ4n) is 3.96. The number of rotatable bonds is 9. The summed E-state index contributed by atoms with van der Waals surface area (Å²) in [4.78, 5) is 38.7. The van der Waals surface area contributed by atoms with E-state index in [1.54, 1.807) is 4.90 Å². The van der Waals surface area contributed by atoms with Crippen molar-refractivity contribution in [2.24, 2.45) is 0 Å². The highest BCUT2D eigenvalue weighted by atomic mass is 32.2. The SMILES string of the molecule is Cc1cc(C)nc(SCC(=O)N(CC(=O)Nc2ccc(N3CCOCC3)cc2)Cc2ccccc2)n1. The fraction of sp³-hybridized carbons (Fsp3) is 0.333. The van der Waals surface area contributed by atoms with Gasteiger partial charge in [0.25, 0.3) is 0 Å². The van der Waals surface area contributed by atoms with Crippen LogP contribution in [0.1, 0.15) is 17.0 Å². The summed E-state index contributed by atoms with van der Waals surface area (Å²) in [5, 5.41) is 3.48. The average molecular weight is 506 g/mol. The first-order chi connectivity index (χ1) is 17.5. The van der Waals surface area contributed by atoms with Crippen LogP contribution in [0, 0.1) is 13.8 Å². The molecule has 1 aliphatic heterocycles. The minimum Gasteiger partial charge on any atom is -0.378 e. The maximum Gasteiger partial charge on any atom is 0.244 e. The molecule has 2 aromatic carbocycles. The number of hydrogen-bond acceptors (Lipinski definition) is 7. The lowest BCUT2D eigenvalue weighted by Crippen LogP contribution is -2.38. The molecule has 0 bridgehead atoms. The molecule has 188 valence electrons. The van der Waals surface area contributed by atoms with Crippen molar-refractivity contribution in [3.05, 3.63) is 77.6 Å². The molecule has 0 unspecified atom stereocenters. The van der Waals surface area contributed by atoms with Crippen molar-refractivity contribution in [3.8, 4) is 0 Å². The number of morpholine rings is 1. The van der Waals surface area contributed by atoms with E-state index in [1.165, 1.54) is 11.8 Å². The Morgan fingerprint density at radius 3 is 2.33 bits per heavy atom. The molecule has 1 aromatic heterocycles. The molecule has 1 N–H and O–H groups in total. The number of nitrogens with zero attached hydrogens (tertiary/aromatic N) is 4. The van der Waals surface area contributed by atoms with Crippen LogP contribution in [0.5, 0.6) is 0 Å². The molecule has 2 amide bonds. The maximum absolute atomic E-state index is 13.2. The molecular weight excluding hydrogens is 474 g/mol. The summed E-state index contributed by atoms with van der Waals surface area (Å²) in [5.41, 5.74) is 4.47. The molecule has 2 heterocycles. The number of carbonyl (C=O) groups excluding carboxylic acids is 2. The van der Waals surface area contributed by atoms with Crippen molar-refractivity contribution in [3.63, 3.8) is 0 Å². The summed E-state index contributed by atoms with van der Waals surface area (Å²) in [6.45, 7) is 7.25. The van der Waals surface area contributed by atoms with Crippen LogP contribution in [0.4, 0.5) is 11.4 Å². The van der Waals surface area contributed by atoms with Crippen molar-refractivity contribution < 1.29 is 14.3 Å². The van der Waals surface area contributed by atoms with Gasteiger partial charge in [-0.15, -0.1) is 0 Å². The van der Waals surface area contributed by atoms with Crippen LogP contribution < -0.4 is 10.2 Å². The molecule has 1 aliphatic rings. The number of amides is 2. The van der Waals surface area contributed by atoms with Crippen LogP contribution >= 0.6 is 11.8 Å². The topological polar surface area (TPSA) is 87.7 Å². The Morgan fingerprint density at radius 2 is 1.67 bits per heavy atom. The van der Waals surface area contributed by atoms with Crippen LogP contribution in [0.15, 0.2) is 65.8 Å². The number of benzene rings is 2. The number of thioether (sulfide) groups is 1. The highest BCUT2D eigenvalue weighted by Gasteiger charge is 2.19. The first-order valence-electron chi connectivity index (χ1n) is 12.0. The van der Waals surface area contributed by atoms with Gasteiger partial charge in [-0.1, -0.05) is 42.1 Å². The molecular formula is C27H31N5O3S. The molecule has 1 saturated heterocycles. The highest BCUT2D eigenvalue weighted by Crippen LogP contribution is 2.20. The van der Waals surface area contributed by atoms with Gasteiger partial charge in [0.15, 0.2) is 5.16 Å². The molecule has 3 aromatic rings. The second-order valence-corrected chi connectivity index (χ2v) is 9.59. The standard InChI is InChI=1S/C27H31N5O3S/c1-20-16-21(2)29-27(28-20)36-19-26(34)32(17-22-6-4-3-5-7-22)18-25(33)30-23-8-10-24(11-9-23)31-12-14-35-15-13-31/h3-11,16H,12-15,17-19H2,1-2H3,(H,30,33). The monoisotopic (exact) mass is 505 g/mol. The maximum atomic E-state index is 13.2. The number of ether oxygens (including phenoxy) is 1. The van der Waals surface area contributed by atoms with E-state index in [0.717, 1.165) is 48.9 Å². The molecule has 4 rings (SSSR count). The van der Waals surface area contributed by atoms with E-state index in [0.29, 0.717) is 17.4 Å². The van der Waals surface area contributed by atoms with E-state index >= 15 is 0 Å². The highest BCUT2D eigenvalue weighted by molar-refractivity contribution is 7.99. The largest absolute Gasteiger partial charge is 0.378 e. The van der Waals surface area contributed by atoms with Gasteiger partial charge in [-0.2, -0.15) is 0 Å². The van der Waals surface area contributed by atoms with E-state index < -0.39 is 0 Å². The number of hydrogen-bond donors (Lipinski definition) is 1. The van der Waals surface area contributed by atoms with Gasteiger partial charge in [-0.05, 0) is 49.7 Å². The van der Waals surface area contributed by atoms with Gasteiger partial charge in [0, 0.05) is 42.4 Å². The fourth-order valence-corrected chi connectivity index (χ4v) is 4.81. The second kappa shape index (κ2) is 12.5. The Kier molecular flexibility index (Phi) is 8.91. The summed E-state index contributed by atoms with van der Waals surface area (Å²) >= 11 is 1.28. The number of anilines is 2.